The molecule has 0 aromatic heterocycles. The molecule has 0 saturated heterocycles. The van der Waals surface area contributed by atoms with E-state index >= 15 is 0 Å². The third-order valence-electron chi connectivity index (χ3n) is 3.47. The van der Waals surface area contributed by atoms with Crippen LogP contribution in [0.3, 0.4) is 0 Å². The molecule has 23 heavy (non-hydrogen) atoms. The van der Waals surface area contributed by atoms with E-state index < -0.39 is 0 Å². The first-order valence-corrected chi connectivity index (χ1v) is 8.20. The standard InChI is InChI=1S/C17H15FN2O2S/c18-12-2-5-14(6-3-12)23-10-17(22)19-13-4-7-15-11(9-13)1-8-16(21)20-15/h2-7,9H,1,8,10H2,(H,19,22)(H,20,21). The van der Waals surface area contributed by atoms with Crippen LogP contribution in [0.5, 0.6) is 0 Å². The summed E-state index contributed by atoms with van der Waals surface area (Å²) in [5, 5.41) is 5.64. The number of benzene rings is 2. The molecule has 118 valence electrons. The van der Waals surface area contributed by atoms with E-state index in [9.17, 15) is 14.0 Å². The van der Waals surface area contributed by atoms with Crippen LogP contribution in [-0.4, -0.2) is 17.6 Å². The topological polar surface area (TPSA) is 58.2 Å². The van der Waals surface area contributed by atoms with Gasteiger partial charge in [-0.25, -0.2) is 4.39 Å². The first-order valence-electron chi connectivity index (χ1n) is 7.21. The van der Waals surface area contributed by atoms with Gasteiger partial charge >= 0.3 is 0 Å². The zero-order chi connectivity index (χ0) is 16.2. The Morgan fingerprint density at radius 2 is 1.96 bits per heavy atom. The van der Waals surface area contributed by atoms with Crippen LogP contribution in [0.2, 0.25) is 0 Å². The van der Waals surface area contributed by atoms with Crippen LogP contribution in [0.15, 0.2) is 47.4 Å². The van der Waals surface area contributed by atoms with Gasteiger partial charge in [0, 0.05) is 22.7 Å². The lowest BCUT2D eigenvalue weighted by Gasteiger charge is -2.17. The summed E-state index contributed by atoms with van der Waals surface area (Å²) in [5.74, 6) is -0.150. The van der Waals surface area contributed by atoms with Gasteiger partial charge < -0.3 is 10.6 Å². The Bertz CT molecular complexity index is 747. The van der Waals surface area contributed by atoms with Crippen LogP contribution < -0.4 is 10.6 Å². The summed E-state index contributed by atoms with van der Waals surface area (Å²) in [6, 6.07) is 11.5. The number of hydrogen-bond donors (Lipinski definition) is 2. The number of hydrogen-bond acceptors (Lipinski definition) is 3. The molecule has 0 radical (unpaired) electrons. The van der Waals surface area contributed by atoms with Crippen LogP contribution >= 0.6 is 11.8 Å². The summed E-state index contributed by atoms with van der Waals surface area (Å²) in [5.41, 5.74) is 2.54. The van der Waals surface area contributed by atoms with Crippen molar-refractivity contribution in [3.63, 3.8) is 0 Å². The van der Waals surface area contributed by atoms with Gasteiger partial charge in [0.25, 0.3) is 0 Å². The van der Waals surface area contributed by atoms with Gasteiger partial charge in [0.15, 0.2) is 0 Å². The molecule has 0 unspecified atom stereocenters. The lowest BCUT2D eigenvalue weighted by molar-refractivity contribution is -0.116. The Kier molecular flexibility index (Phi) is 4.62. The minimum Gasteiger partial charge on any atom is -0.326 e. The van der Waals surface area contributed by atoms with E-state index in [0.29, 0.717) is 18.5 Å². The van der Waals surface area contributed by atoms with Crippen LogP contribution in [0.1, 0.15) is 12.0 Å². The zero-order valence-corrected chi connectivity index (χ0v) is 13.1. The summed E-state index contributed by atoms with van der Waals surface area (Å²) in [4.78, 5) is 24.2. The van der Waals surface area contributed by atoms with Crippen molar-refractivity contribution in [3.8, 4) is 0 Å². The van der Waals surface area contributed by atoms with Gasteiger partial charge in [0.2, 0.25) is 11.8 Å². The summed E-state index contributed by atoms with van der Waals surface area (Å²) in [7, 11) is 0. The fourth-order valence-corrected chi connectivity index (χ4v) is 3.04. The number of rotatable bonds is 4. The number of nitrogens with one attached hydrogen (secondary N) is 2. The molecule has 0 aliphatic carbocycles. The van der Waals surface area contributed by atoms with E-state index in [4.69, 9.17) is 0 Å². The van der Waals surface area contributed by atoms with Gasteiger partial charge in [-0.3, -0.25) is 9.59 Å². The number of aryl methyl sites for hydroxylation is 1. The average molecular weight is 330 g/mol. The highest BCUT2D eigenvalue weighted by Crippen LogP contribution is 2.26. The normalized spacial score (nSPS) is 13.2. The molecule has 0 spiro atoms. The highest BCUT2D eigenvalue weighted by Gasteiger charge is 2.15. The highest BCUT2D eigenvalue weighted by atomic mass is 32.2. The molecular formula is C17H15FN2O2S. The van der Waals surface area contributed by atoms with Crippen LogP contribution in [-0.2, 0) is 16.0 Å². The fourth-order valence-electron chi connectivity index (χ4n) is 2.34. The maximum Gasteiger partial charge on any atom is 0.234 e. The minimum atomic E-state index is -0.292. The second-order valence-corrected chi connectivity index (χ2v) is 6.26. The van der Waals surface area contributed by atoms with E-state index in [1.54, 1.807) is 24.3 Å². The molecule has 1 aliphatic heterocycles. The molecule has 4 nitrogen and oxygen atoms in total. The smallest absolute Gasteiger partial charge is 0.234 e. The molecule has 0 atom stereocenters. The SMILES string of the molecule is O=C(CSc1ccc(F)cc1)Nc1ccc2c(c1)CCC(=O)N2. The predicted molar refractivity (Wildman–Crippen MR) is 89.1 cm³/mol. The zero-order valence-electron chi connectivity index (χ0n) is 12.3. The number of carbonyl (C=O) groups is 2. The average Bonchev–Trinajstić information content (AvgIpc) is 2.54. The van der Waals surface area contributed by atoms with Gasteiger partial charge in [0.1, 0.15) is 5.82 Å². The van der Waals surface area contributed by atoms with Gasteiger partial charge in [-0.1, -0.05) is 0 Å². The number of fused-ring (bicyclic) bond motifs is 1. The fraction of sp³-hybridized carbons (Fsp3) is 0.176. The number of carbonyl (C=O) groups excluding carboxylic acids is 2. The minimum absolute atomic E-state index is 0.0185. The largest absolute Gasteiger partial charge is 0.326 e. The van der Waals surface area contributed by atoms with E-state index in [1.165, 1.54) is 23.9 Å². The second kappa shape index (κ2) is 6.83. The van der Waals surface area contributed by atoms with E-state index in [1.807, 2.05) is 6.07 Å². The molecule has 0 saturated carbocycles. The Labute approximate surface area is 137 Å². The lowest BCUT2D eigenvalue weighted by Crippen LogP contribution is -2.19. The number of thioether (sulfide) groups is 1. The van der Waals surface area contributed by atoms with E-state index in [0.717, 1.165) is 16.1 Å². The molecule has 2 aromatic carbocycles. The molecule has 2 aromatic rings. The molecule has 2 N–H and O–H groups in total. The quantitative estimate of drug-likeness (QED) is 0.844. The number of halogens is 1. The molecule has 6 heteroatoms. The molecule has 1 heterocycles. The van der Waals surface area contributed by atoms with Crippen LogP contribution in [0, 0.1) is 5.82 Å². The molecule has 2 amide bonds. The Morgan fingerprint density at radius 3 is 2.74 bits per heavy atom. The van der Waals surface area contributed by atoms with Crippen molar-refractivity contribution >= 4 is 35.0 Å². The molecular weight excluding hydrogens is 315 g/mol. The first-order chi connectivity index (χ1) is 11.1. The monoisotopic (exact) mass is 330 g/mol. The second-order valence-electron chi connectivity index (χ2n) is 5.21. The van der Waals surface area contributed by atoms with Crippen LogP contribution in [0.25, 0.3) is 0 Å². The predicted octanol–water partition coefficient (Wildman–Crippen LogP) is 3.44. The molecule has 3 rings (SSSR count). The lowest BCUT2D eigenvalue weighted by atomic mass is 10.0. The van der Waals surface area contributed by atoms with Gasteiger partial charge in [-0.15, -0.1) is 11.8 Å². The summed E-state index contributed by atoms with van der Waals surface area (Å²) in [6.45, 7) is 0. The van der Waals surface area contributed by atoms with E-state index in [2.05, 4.69) is 10.6 Å². The van der Waals surface area contributed by atoms with E-state index in [-0.39, 0.29) is 23.4 Å². The van der Waals surface area contributed by atoms with Crippen molar-refractivity contribution in [3.05, 3.63) is 53.8 Å². The molecule has 0 fully saturated rings. The maximum absolute atomic E-state index is 12.8. The van der Waals surface area contributed by atoms with Crippen molar-refractivity contribution in [2.75, 3.05) is 16.4 Å². The highest BCUT2D eigenvalue weighted by molar-refractivity contribution is 8.00. The van der Waals surface area contributed by atoms with Crippen LogP contribution in [0.4, 0.5) is 15.8 Å². The summed E-state index contributed by atoms with van der Waals surface area (Å²) >= 11 is 1.35. The van der Waals surface area contributed by atoms with Crippen molar-refractivity contribution in [1.29, 1.82) is 0 Å². The van der Waals surface area contributed by atoms with Crippen molar-refractivity contribution in [2.45, 2.75) is 17.7 Å². The third-order valence-corrected chi connectivity index (χ3v) is 4.48. The third kappa shape index (κ3) is 4.10. The summed E-state index contributed by atoms with van der Waals surface area (Å²) in [6.07, 6.45) is 1.14. The van der Waals surface area contributed by atoms with Gasteiger partial charge in [-0.05, 0) is 54.4 Å². The maximum atomic E-state index is 12.8. The number of anilines is 2. The van der Waals surface area contributed by atoms with Gasteiger partial charge in [-0.2, -0.15) is 0 Å². The molecule has 1 aliphatic rings. The Hall–Kier alpha value is -2.34. The Morgan fingerprint density at radius 1 is 1.17 bits per heavy atom. The Balaban J connectivity index is 1.57. The van der Waals surface area contributed by atoms with Crippen molar-refractivity contribution in [2.24, 2.45) is 0 Å². The first kappa shape index (κ1) is 15.6. The number of amides is 2. The van der Waals surface area contributed by atoms with Crippen molar-refractivity contribution < 1.29 is 14.0 Å². The van der Waals surface area contributed by atoms with Crippen molar-refractivity contribution in [1.82, 2.24) is 0 Å². The summed E-state index contributed by atoms with van der Waals surface area (Å²) < 4.78 is 12.8. The molecule has 0 bridgehead atoms. The van der Waals surface area contributed by atoms with Gasteiger partial charge in [0.05, 0.1) is 5.75 Å².